The number of benzene rings is 2. The molecule has 1 aliphatic heterocycles. The van der Waals surface area contributed by atoms with Gasteiger partial charge in [-0.25, -0.2) is 8.42 Å². The second-order valence-corrected chi connectivity index (χ2v) is 10.6. The van der Waals surface area contributed by atoms with Gasteiger partial charge in [0.1, 0.15) is 0 Å². The molecule has 1 unspecified atom stereocenters. The molecule has 12 heteroatoms. The van der Waals surface area contributed by atoms with Crippen LogP contribution in [-0.4, -0.2) is 81.0 Å². The zero-order valence-electron chi connectivity index (χ0n) is 19.5. The Morgan fingerprint density at radius 1 is 1.00 bits per heavy atom. The molecule has 2 aromatic heterocycles. The van der Waals surface area contributed by atoms with Gasteiger partial charge in [-0.3, -0.25) is 9.80 Å². The first kappa shape index (κ1) is 23.3. The molecule has 1 fully saturated rings. The van der Waals surface area contributed by atoms with Crippen molar-refractivity contribution in [3.05, 3.63) is 66.3 Å². The maximum atomic E-state index is 11.7. The highest BCUT2D eigenvalue weighted by Crippen LogP contribution is 2.24. The van der Waals surface area contributed by atoms with Crippen molar-refractivity contribution in [1.82, 2.24) is 40.1 Å². The van der Waals surface area contributed by atoms with E-state index in [-0.39, 0.29) is 10.9 Å². The standard InChI is InChI=1S/C23H26N8O3S/c1-17(23-24-22(26-34-23)18-6-4-3-5-7-18)30-14-12-29(13-15-30)16-21-25-27-28-31(21)19-8-10-20(11-9-19)35(2,32)33/h3-11,17H,12-16H2,1-2H3. The van der Waals surface area contributed by atoms with Crippen molar-refractivity contribution in [1.29, 1.82) is 0 Å². The summed E-state index contributed by atoms with van der Waals surface area (Å²) in [5.41, 5.74) is 1.65. The van der Waals surface area contributed by atoms with Crippen LogP contribution >= 0.6 is 0 Å². The van der Waals surface area contributed by atoms with E-state index in [0.717, 1.165) is 37.4 Å². The smallest absolute Gasteiger partial charge is 0.244 e. The fourth-order valence-electron chi connectivity index (χ4n) is 4.11. The van der Waals surface area contributed by atoms with Crippen LogP contribution < -0.4 is 0 Å². The normalized spacial score (nSPS) is 16.4. The molecule has 1 aliphatic rings. The first-order chi connectivity index (χ1) is 16.9. The Bertz CT molecular complexity index is 1380. The molecular formula is C23H26N8O3S. The summed E-state index contributed by atoms with van der Waals surface area (Å²) < 4.78 is 30.6. The minimum Gasteiger partial charge on any atom is -0.337 e. The van der Waals surface area contributed by atoms with Gasteiger partial charge in [0, 0.05) is 38.0 Å². The molecule has 35 heavy (non-hydrogen) atoms. The second kappa shape index (κ2) is 9.64. The molecule has 1 saturated heterocycles. The third-order valence-electron chi connectivity index (χ3n) is 6.19. The molecule has 1 atom stereocenters. The number of piperazine rings is 1. The summed E-state index contributed by atoms with van der Waals surface area (Å²) in [5, 5.41) is 16.2. The van der Waals surface area contributed by atoms with Crippen molar-refractivity contribution >= 4 is 9.84 Å². The molecule has 0 amide bonds. The predicted molar refractivity (Wildman–Crippen MR) is 127 cm³/mol. The average molecular weight is 495 g/mol. The van der Waals surface area contributed by atoms with Gasteiger partial charge in [0.25, 0.3) is 0 Å². The third-order valence-corrected chi connectivity index (χ3v) is 7.32. The lowest BCUT2D eigenvalue weighted by Gasteiger charge is -2.36. The summed E-state index contributed by atoms with van der Waals surface area (Å²) in [4.78, 5) is 9.48. The van der Waals surface area contributed by atoms with Gasteiger partial charge >= 0.3 is 0 Å². The molecule has 2 aromatic carbocycles. The number of rotatable bonds is 7. The minimum atomic E-state index is -3.26. The Morgan fingerprint density at radius 2 is 1.71 bits per heavy atom. The second-order valence-electron chi connectivity index (χ2n) is 8.58. The molecular weight excluding hydrogens is 468 g/mol. The number of tetrazole rings is 1. The highest BCUT2D eigenvalue weighted by atomic mass is 32.2. The fraction of sp³-hybridized carbons (Fsp3) is 0.348. The topological polar surface area (TPSA) is 123 Å². The van der Waals surface area contributed by atoms with Gasteiger partial charge in [-0.15, -0.1) is 5.10 Å². The number of hydrogen-bond acceptors (Lipinski definition) is 10. The molecule has 0 saturated carbocycles. The number of nitrogens with zero attached hydrogens (tertiary/aromatic N) is 8. The Hall–Kier alpha value is -3.48. The van der Waals surface area contributed by atoms with Crippen LogP contribution in [0.2, 0.25) is 0 Å². The van der Waals surface area contributed by atoms with Crippen LogP contribution in [0.15, 0.2) is 64.0 Å². The average Bonchev–Trinajstić information content (AvgIpc) is 3.54. The lowest BCUT2D eigenvalue weighted by atomic mass is 10.2. The molecule has 3 heterocycles. The van der Waals surface area contributed by atoms with Crippen LogP contribution in [0.5, 0.6) is 0 Å². The van der Waals surface area contributed by atoms with Crippen LogP contribution in [0.1, 0.15) is 24.7 Å². The first-order valence-corrected chi connectivity index (χ1v) is 13.2. The van der Waals surface area contributed by atoms with Crippen molar-refractivity contribution in [3.8, 4) is 17.1 Å². The molecule has 0 N–H and O–H groups in total. The summed E-state index contributed by atoms with van der Waals surface area (Å²) in [6.07, 6.45) is 1.19. The fourth-order valence-corrected chi connectivity index (χ4v) is 4.74. The SMILES string of the molecule is CC(c1nc(-c2ccccc2)no1)N1CCN(Cc2nnnn2-c2ccc(S(C)(=O)=O)cc2)CC1. The van der Waals surface area contributed by atoms with E-state index in [0.29, 0.717) is 24.1 Å². The molecule has 5 rings (SSSR count). The predicted octanol–water partition coefficient (Wildman–Crippen LogP) is 1.99. The molecule has 0 radical (unpaired) electrons. The van der Waals surface area contributed by atoms with Crippen LogP contribution in [0.25, 0.3) is 17.1 Å². The van der Waals surface area contributed by atoms with E-state index in [9.17, 15) is 8.42 Å². The monoisotopic (exact) mass is 494 g/mol. The first-order valence-electron chi connectivity index (χ1n) is 11.3. The largest absolute Gasteiger partial charge is 0.337 e. The molecule has 182 valence electrons. The molecule has 4 aromatic rings. The highest BCUT2D eigenvalue weighted by Gasteiger charge is 2.27. The Morgan fingerprint density at radius 3 is 2.40 bits per heavy atom. The summed E-state index contributed by atoms with van der Waals surface area (Å²) in [6, 6.07) is 16.4. The van der Waals surface area contributed by atoms with Gasteiger partial charge in [0.05, 0.1) is 23.2 Å². The van der Waals surface area contributed by atoms with Gasteiger partial charge in [0.15, 0.2) is 15.7 Å². The Kier molecular flexibility index (Phi) is 6.41. The summed E-state index contributed by atoms with van der Waals surface area (Å²) in [7, 11) is -3.26. The van der Waals surface area contributed by atoms with E-state index in [1.165, 1.54) is 6.26 Å². The van der Waals surface area contributed by atoms with Crippen LogP contribution in [-0.2, 0) is 16.4 Å². The highest BCUT2D eigenvalue weighted by molar-refractivity contribution is 7.90. The Balaban J connectivity index is 1.20. The van der Waals surface area contributed by atoms with Crippen LogP contribution in [0.3, 0.4) is 0 Å². The third kappa shape index (κ3) is 5.14. The number of hydrogen-bond donors (Lipinski definition) is 0. The van der Waals surface area contributed by atoms with Gasteiger partial charge in [0.2, 0.25) is 11.7 Å². The van der Waals surface area contributed by atoms with Gasteiger partial charge < -0.3 is 4.52 Å². The zero-order valence-corrected chi connectivity index (χ0v) is 20.3. The maximum Gasteiger partial charge on any atom is 0.244 e. The molecule has 11 nitrogen and oxygen atoms in total. The maximum absolute atomic E-state index is 11.7. The van der Waals surface area contributed by atoms with E-state index in [2.05, 4.69) is 42.4 Å². The van der Waals surface area contributed by atoms with Crippen molar-refractivity contribution in [3.63, 3.8) is 0 Å². The van der Waals surface area contributed by atoms with Crippen molar-refractivity contribution in [2.75, 3.05) is 32.4 Å². The lowest BCUT2D eigenvalue weighted by molar-refractivity contribution is 0.0827. The van der Waals surface area contributed by atoms with E-state index in [1.807, 2.05) is 30.3 Å². The van der Waals surface area contributed by atoms with E-state index >= 15 is 0 Å². The zero-order chi connectivity index (χ0) is 24.4. The van der Waals surface area contributed by atoms with E-state index < -0.39 is 9.84 Å². The van der Waals surface area contributed by atoms with Gasteiger partial charge in [-0.05, 0) is 41.6 Å². The lowest BCUT2D eigenvalue weighted by Crippen LogP contribution is -2.47. The quantitative estimate of drug-likeness (QED) is 0.377. The van der Waals surface area contributed by atoms with E-state index in [4.69, 9.17) is 4.52 Å². The van der Waals surface area contributed by atoms with E-state index in [1.54, 1.807) is 28.9 Å². The number of sulfone groups is 1. The summed E-state index contributed by atoms with van der Waals surface area (Å²) in [6.45, 7) is 6.03. The van der Waals surface area contributed by atoms with Crippen molar-refractivity contribution in [2.45, 2.75) is 24.4 Å². The minimum absolute atomic E-state index is 0.0146. The van der Waals surface area contributed by atoms with Crippen LogP contribution in [0, 0.1) is 0 Å². The van der Waals surface area contributed by atoms with Crippen molar-refractivity contribution < 1.29 is 12.9 Å². The van der Waals surface area contributed by atoms with Gasteiger partial charge in [-0.1, -0.05) is 35.5 Å². The summed E-state index contributed by atoms with van der Waals surface area (Å²) >= 11 is 0. The summed E-state index contributed by atoms with van der Waals surface area (Å²) in [5.74, 6) is 1.91. The Labute approximate surface area is 203 Å². The molecule has 0 aliphatic carbocycles. The van der Waals surface area contributed by atoms with Crippen LogP contribution in [0.4, 0.5) is 0 Å². The van der Waals surface area contributed by atoms with Gasteiger partial charge in [-0.2, -0.15) is 9.67 Å². The van der Waals surface area contributed by atoms with Crippen molar-refractivity contribution in [2.24, 2.45) is 0 Å². The molecule has 0 bridgehead atoms. The molecule has 0 spiro atoms. The number of aromatic nitrogens is 6.